The molecule has 1 N–H and O–H groups in total. The van der Waals surface area contributed by atoms with E-state index in [-0.39, 0.29) is 6.09 Å². The van der Waals surface area contributed by atoms with Crippen LogP contribution in [0.4, 0.5) is 4.79 Å². The second kappa shape index (κ2) is 5.80. The quantitative estimate of drug-likeness (QED) is 0.863. The third kappa shape index (κ3) is 4.31. The predicted octanol–water partition coefficient (Wildman–Crippen LogP) is 1.77. The summed E-state index contributed by atoms with van der Waals surface area (Å²) in [5.74, 6) is 1.36. The highest BCUT2D eigenvalue weighted by atomic mass is 16.5. The van der Waals surface area contributed by atoms with Crippen molar-refractivity contribution in [2.45, 2.75) is 33.1 Å². The first-order valence-electron chi connectivity index (χ1n) is 6.35. The highest BCUT2D eigenvalue weighted by Crippen LogP contribution is 2.28. The molecule has 0 radical (unpaired) electrons. The normalized spacial score (nSPS) is 14.3. The summed E-state index contributed by atoms with van der Waals surface area (Å²) in [4.78, 5) is 19.9. The van der Waals surface area contributed by atoms with E-state index in [4.69, 9.17) is 4.74 Å². The zero-order chi connectivity index (χ0) is 13.0. The molecule has 1 aliphatic rings. The van der Waals surface area contributed by atoms with E-state index < -0.39 is 0 Å². The van der Waals surface area contributed by atoms with Gasteiger partial charge in [-0.15, -0.1) is 0 Å². The minimum Gasteiger partial charge on any atom is -0.449 e. The zero-order valence-corrected chi connectivity index (χ0v) is 10.9. The van der Waals surface area contributed by atoms with Gasteiger partial charge in [0, 0.05) is 24.4 Å². The summed E-state index contributed by atoms with van der Waals surface area (Å²) in [5.41, 5.74) is 1.91. The summed E-state index contributed by atoms with van der Waals surface area (Å²) < 4.78 is 5.06. The second-order valence-corrected chi connectivity index (χ2v) is 4.79. The van der Waals surface area contributed by atoms with E-state index in [1.165, 1.54) is 12.8 Å². The number of amides is 1. The fourth-order valence-corrected chi connectivity index (χ4v) is 1.72. The average molecular weight is 249 g/mol. The van der Waals surface area contributed by atoms with Gasteiger partial charge < -0.3 is 10.1 Å². The summed E-state index contributed by atoms with van der Waals surface area (Å²) in [6, 6.07) is 1.93. The standard InChI is InChI=1S/C13H19N3O2/c1-9-7-10(2)16-12(15-9)5-6-14-13(17)18-8-11-3-4-11/h7,11H,3-6,8H2,1-2H3,(H,14,17). The monoisotopic (exact) mass is 249 g/mol. The lowest BCUT2D eigenvalue weighted by atomic mass is 10.3. The number of nitrogens with zero attached hydrogens (tertiary/aromatic N) is 2. The smallest absolute Gasteiger partial charge is 0.407 e. The lowest BCUT2D eigenvalue weighted by molar-refractivity contribution is 0.141. The van der Waals surface area contributed by atoms with Crippen molar-refractivity contribution in [3.8, 4) is 0 Å². The summed E-state index contributed by atoms with van der Waals surface area (Å²) in [6.45, 7) is 4.93. The molecule has 1 heterocycles. The number of aryl methyl sites for hydroxylation is 2. The van der Waals surface area contributed by atoms with Crippen LogP contribution in [0.3, 0.4) is 0 Å². The molecule has 0 spiro atoms. The van der Waals surface area contributed by atoms with Gasteiger partial charge in [-0.1, -0.05) is 0 Å². The van der Waals surface area contributed by atoms with Crippen LogP contribution >= 0.6 is 0 Å². The van der Waals surface area contributed by atoms with E-state index in [1.54, 1.807) is 0 Å². The van der Waals surface area contributed by atoms with Crippen LogP contribution in [0.5, 0.6) is 0 Å². The fourth-order valence-electron chi connectivity index (χ4n) is 1.72. The maximum Gasteiger partial charge on any atom is 0.407 e. The number of nitrogens with one attached hydrogen (secondary N) is 1. The molecule has 0 atom stereocenters. The number of alkyl carbamates (subject to hydrolysis) is 1. The molecule has 0 unspecified atom stereocenters. The average Bonchev–Trinajstić information content (AvgIpc) is 3.08. The van der Waals surface area contributed by atoms with E-state index >= 15 is 0 Å². The van der Waals surface area contributed by atoms with Crippen LogP contribution in [0.2, 0.25) is 0 Å². The van der Waals surface area contributed by atoms with Crippen molar-refractivity contribution >= 4 is 6.09 Å². The molecule has 0 saturated heterocycles. The van der Waals surface area contributed by atoms with E-state index in [2.05, 4.69) is 15.3 Å². The van der Waals surface area contributed by atoms with E-state index in [1.807, 2.05) is 19.9 Å². The van der Waals surface area contributed by atoms with Crippen LogP contribution in [0.1, 0.15) is 30.1 Å². The maximum atomic E-state index is 11.3. The molecule has 98 valence electrons. The molecule has 1 saturated carbocycles. The van der Waals surface area contributed by atoms with Crippen LogP contribution in [-0.2, 0) is 11.2 Å². The molecule has 1 aromatic heterocycles. The second-order valence-electron chi connectivity index (χ2n) is 4.79. The summed E-state index contributed by atoms with van der Waals surface area (Å²) >= 11 is 0. The number of aromatic nitrogens is 2. The summed E-state index contributed by atoms with van der Waals surface area (Å²) in [6.07, 6.45) is 2.65. The largest absolute Gasteiger partial charge is 0.449 e. The first-order chi connectivity index (χ1) is 8.63. The molecule has 5 nitrogen and oxygen atoms in total. The van der Waals surface area contributed by atoms with Gasteiger partial charge in [0.25, 0.3) is 0 Å². The van der Waals surface area contributed by atoms with Crippen LogP contribution in [0, 0.1) is 19.8 Å². The molecular formula is C13H19N3O2. The Balaban J connectivity index is 1.68. The maximum absolute atomic E-state index is 11.3. The Morgan fingerprint density at radius 2 is 2.06 bits per heavy atom. The van der Waals surface area contributed by atoms with Gasteiger partial charge in [0.15, 0.2) is 0 Å². The van der Waals surface area contributed by atoms with Gasteiger partial charge in [-0.3, -0.25) is 0 Å². The number of ether oxygens (including phenoxy) is 1. The van der Waals surface area contributed by atoms with E-state index in [0.717, 1.165) is 17.2 Å². The molecule has 1 fully saturated rings. The first kappa shape index (κ1) is 12.8. The van der Waals surface area contributed by atoms with Crippen molar-refractivity contribution < 1.29 is 9.53 Å². The number of carbonyl (C=O) groups is 1. The SMILES string of the molecule is Cc1cc(C)nc(CCNC(=O)OCC2CC2)n1. The van der Waals surface area contributed by atoms with E-state index in [9.17, 15) is 4.79 Å². The van der Waals surface area contributed by atoms with Crippen molar-refractivity contribution in [2.75, 3.05) is 13.2 Å². The van der Waals surface area contributed by atoms with Crippen molar-refractivity contribution in [1.29, 1.82) is 0 Å². The lowest BCUT2D eigenvalue weighted by Crippen LogP contribution is -2.27. The van der Waals surface area contributed by atoms with Gasteiger partial charge in [0.1, 0.15) is 5.82 Å². The molecule has 0 aromatic carbocycles. The predicted molar refractivity (Wildman–Crippen MR) is 67.3 cm³/mol. The molecule has 18 heavy (non-hydrogen) atoms. The Bertz CT molecular complexity index is 410. The lowest BCUT2D eigenvalue weighted by Gasteiger charge is -2.06. The van der Waals surface area contributed by atoms with Crippen molar-refractivity contribution in [2.24, 2.45) is 5.92 Å². The van der Waals surface area contributed by atoms with Crippen LogP contribution in [0.25, 0.3) is 0 Å². The van der Waals surface area contributed by atoms with Gasteiger partial charge in [-0.05, 0) is 38.7 Å². The third-order valence-corrected chi connectivity index (χ3v) is 2.79. The van der Waals surface area contributed by atoms with Crippen LogP contribution in [0.15, 0.2) is 6.07 Å². The number of carbonyl (C=O) groups excluding carboxylic acids is 1. The minimum absolute atomic E-state index is 0.341. The minimum atomic E-state index is -0.341. The molecule has 0 bridgehead atoms. The van der Waals surface area contributed by atoms with Gasteiger partial charge >= 0.3 is 6.09 Å². The Morgan fingerprint density at radius 3 is 2.67 bits per heavy atom. The molecule has 5 heteroatoms. The summed E-state index contributed by atoms with van der Waals surface area (Å²) in [5, 5.41) is 2.71. The first-order valence-corrected chi connectivity index (χ1v) is 6.35. The summed E-state index contributed by atoms with van der Waals surface area (Å²) in [7, 11) is 0. The Labute approximate surface area is 107 Å². The molecule has 1 aliphatic carbocycles. The van der Waals surface area contributed by atoms with Gasteiger partial charge in [0.05, 0.1) is 6.61 Å². The molecule has 1 aromatic rings. The Hall–Kier alpha value is -1.65. The Morgan fingerprint density at radius 1 is 1.39 bits per heavy atom. The van der Waals surface area contributed by atoms with Crippen LogP contribution in [-0.4, -0.2) is 29.2 Å². The molecule has 0 aliphatic heterocycles. The van der Waals surface area contributed by atoms with E-state index in [0.29, 0.717) is 25.5 Å². The topological polar surface area (TPSA) is 64.1 Å². The van der Waals surface area contributed by atoms with Gasteiger partial charge in [0.2, 0.25) is 0 Å². The molecular weight excluding hydrogens is 230 g/mol. The third-order valence-electron chi connectivity index (χ3n) is 2.79. The highest BCUT2D eigenvalue weighted by molar-refractivity contribution is 5.67. The van der Waals surface area contributed by atoms with Crippen molar-refractivity contribution in [3.05, 3.63) is 23.3 Å². The molecule has 1 amide bonds. The van der Waals surface area contributed by atoms with Crippen LogP contribution < -0.4 is 5.32 Å². The van der Waals surface area contributed by atoms with Crippen molar-refractivity contribution in [3.63, 3.8) is 0 Å². The highest BCUT2D eigenvalue weighted by Gasteiger charge is 2.22. The number of hydrogen-bond acceptors (Lipinski definition) is 4. The number of hydrogen-bond donors (Lipinski definition) is 1. The molecule has 2 rings (SSSR count). The van der Waals surface area contributed by atoms with Gasteiger partial charge in [-0.2, -0.15) is 0 Å². The zero-order valence-electron chi connectivity index (χ0n) is 10.9. The number of rotatable bonds is 5. The fraction of sp³-hybridized carbons (Fsp3) is 0.615. The van der Waals surface area contributed by atoms with Gasteiger partial charge in [-0.25, -0.2) is 14.8 Å². The Kier molecular flexibility index (Phi) is 4.12. The van der Waals surface area contributed by atoms with Crippen molar-refractivity contribution in [1.82, 2.24) is 15.3 Å².